The zero-order valence-electron chi connectivity index (χ0n) is 37.7. The summed E-state index contributed by atoms with van der Waals surface area (Å²) in [6.45, 7) is 6.34. The van der Waals surface area contributed by atoms with Gasteiger partial charge in [-0.2, -0.15) is 0 Å². The van der Waals surface area contributed by atoms with Crippen molar-refractivity contribution >= 4 is 11.9 Å². The van der Waals surface area contributed by atoms with E-state index in [9.17, 15) is 19.8 Å². The highest BCUT2D eigenvalue weighted by Crippen LogP contribution is 2.17. The van der Waals surface area contributed by atoms with Gasteiger partial charge in [0.25, 0.3) is 0 Å². The largest absolute Gasteiger partial charge is 0.462 e. The molecule has 0 heterocycles. The normalized spacial score (nSPS) is 13.7. The number of aliphatic hydroxyl groups excluding tert-OH is 2. The molecule has 0 rings (SSSR count). The van der Waals surface area contributed by atoms with Crippen LogP contribution in [0.25, 0.3) is 0 Å². The Morgan fingerprint density at radius 2 is 0.947 bits per heavy atom. The van der Waals surface area contributed by atoms with Gasteiger partial charge in [0, 0.05) is 6.42 Å². The number of ether oxygens (including phenoxy) is 1. The van der Waals surface area contributed by atoms with Crippen LogP contribution in [0, 0.1) is 0 Å². The SMILES string of the molecule is CC/C=C/C/C=C/C/C=C/C/C=C/CCCC(CC(=O)NC(CO)C(O)CCCCCCCCCCCCCCC)OC(=O)CCCCCCCCCCCCC. The molecule has 0 aliphatic heterocycles. The van der Waals surface area contributed by atoms with Crippen molar-refractivity contribution in [3.8, 4) is 0 Å². The second kappa shape index (κ2) is 44.9. The molecule has 0 aromatic heterocycles. The van der Waals surface area contributed by atoms with Crippen molar-refractivity contribution in [1.82, 2.24) is 5.32 Å². The molecule has 6 heteroatoms. The van der Waals surface area contributed by atoms with E-state index in [1.807, 2.05) is 0 Å². The standard InChI is InChI=1S/C51H93NO5/c1-4-7-10-13-16-19-22-24-26-28-30-33-36-39-42-47(57-51(56)44-41-38-35-32-27-21-18-15-12-9-6-3)45-50(55)52-48(46-53)49(54)43-40-37-34-31-29-25-23-20-17-14-11-8-5-2/h7,10,16,19,24,26,30,33,47-49,53-54H,4-6,8-9,11-15,17-18,20-23,25,27-29,31-32,34-46H2,1-3H3,(H,52,55)/b10-7+,19-16+,26-24+,33-30+. The number of nitrogens with one attached hydrogen (secondary N) is 1. The van der Waals surface area contributed by atoms with Gasteiger partial charge in [-0.1, -0.05) is 217 Å². The first-order chi connectivity index (χ1) is 28.0. The second-order valence-corrected chi connectivity index (χ2v) is 16.5. The molecule has 0 aromatic rings. The van der Waals surface area contributed by atoms with E-state index >= 15 is 0 Å². The smallest absolute Gasteiger partial charge is 0.306 e. The number of carbonyl (C=O) groups is 2. The Kier molecular flexibility index (Phi) is 43.2. The van der Waals surface area contributed by atoms with Gasteiger partial charge in [0.1, 0.15) is 6.10 Å². The lowest BCUT2D eigenvalue weighted by Crippen LogP contribution is -2.46. The Morgan fingerprint density at radius 3 is 1.40 bits per heavy atom. The van der Waals surface area contributed by atoms with Crippen LogP contribution in [0.2, 0.25) is 0 Å². The van der Waals surface area contributed by atoms with Gasteiger partial charge in [-0.3, -0.25) is 9.59 Å². The Bertz CT molecular complexity index is 988. The first-order valence-electron chi connectivity index (χ1n) is 24.4. The summed E-state index contributed by atoms with van der Waals surface area (Å²) in [6.07, 6.45) is 53.1. The molecule has 6 nitrogen and oxygen atoms in total. The number of hydrogen-bond acceptors (Lipinski definition) is 5. The number of hydrogen-bond donors (Lipinski definition) is 3. The summed E-state index contributed by atoms with van der Waals surface area (Å²) in [5, 5.41) is 23.7. The third kappa shape index (κ3) is 40.4. The summed E-state index contributed by atoms with van der Waals surface area (Å²) in [5.41, 5.74) is 0. The number of amides is 1. The fourth-order valence-corrected chi connectivity index (χ4v) is 7.25. The number of unbranched alkanes of at least 4 members (excludes halogenated alkanes) is 23. The van der Waals surface area contributed by atoms with Crippen molar-refractivity contribution < 1.29 is 24.5 Å². The third-order valence-electron chi connectivity index (χ3n) is 10.9. The molecule has 0 bridgehead atoms. The van der Waals surface area contributed by atoms with Crippen LogP contribution in [0.1, 0.15) is 239 Å². The van der Waals surface area contributed by atoms with Crippen LogP contribution >= 0.6 is 0 Å². The molecule has 1 amide bonds. The van der Waals surface area contributed by atoms with Gasteiger partial charge >= 0.3 is 5.97 Å². The minimum atomic E-state index is -0.799. The number of rotatable bonds is 43. The number of allylic oxidation sites excluding steroid dienone is 8. The van der Waals surface area contributed by atoms with Crippen molar-refractivity contribution in [3.05, 3.63) is 48.6 Å². The molecular formula is C51H93NO5. The highest BCUT2D eigenvalue weighted by Gasteiger charge is 2.24. The maximum atomic E-state index is 13.2. The van der Waals surface area contributed by atoms with Gasteiger partial charge in [-0.25, -0.2) is 0 Å². The molecule has 0 spiro atoms. The molecule has 0 aromatic carbocycles. The van der Waals surface area contributed by atoms with Gasteiger partial charge in [-0.15, -0.1) is 0 Å². The Balaban J connectivity index is 4.66. The van der Waals surface area contributed by atoms with Gasteiger partial charge < -0.3 is 20.3 Å². The van der Waals surface area contributed by atoms with Crippen molar-refractivity contribution in [1.29, 1.82) is 0 Å². The summed E-state index contributed by atoms with van der Waals surface area (Å²) in [6, 6.07) is -0.716. The molecule has 0 fully saturated rings. The predicted octanol–water partition coefficient (Wildman–Crippen LogP) is 14.3. The van der Waals surface area contributed by atoms with E-state index in [-0.39, 0.29) is 24.9 Å². The molecule has 57 heavy (non-hydrogen) atoms. The lowest BCUT2D eigenvalue weighted by atomic mass is 10.0. The van der Waals surface area contributed by atoms with Crippen molar-refractivity contribution in [2.45, 2.75) is 257 Å². The second-order valence-electron chi connectivity index (χ2n) is 16.5. The van der Waals surface area contributed by atoms with E-state index in [0.29, 0.717) is 19.3 Å². The van der Waals surface area contributed by atoms with E-state index in [0.717, 1.165) is 77.0 Å². The minimum absolute atomic E-state index is 0.0418. The summed E-state index contributed by atoms with van der Waals surface area (Å²) < 4.78 is 5.88. The fourth-order valence-electron chi connectivity index (χ4n) is 7.25. The maximum absolute atomic E-state index is 13.2. The molecule has 3 unspecified atom stereocenters. The van der Waals surface area contributed by atoms with Crippen LogP contribution in [0.4, 0.5) is 0 Å². The molecule has 0 aliphatic carbocycles. The molecule has 0 radical (unpaired) electrons. The lowest BCUT2D eigenvalue weighted by Gasteiger charge is -2.24. The van der Waals surface area contributed by atoms with E-state index < -0.39 is 18.2 Å². The maximum Gasteiger partial charge on any atom is 0.306 e. The average Bonchev–Trinajstić information content (AvgIpc) is 3.20. The van der Waals surface area contributed by atoms with Crippen molar-refractivity contribution in [3.63, 3.8) is 0 Å². The molecule has 3 N–H and O–H groups in total. The van der Waals surface area contributed by atoms with Crippen LogP contribution in [0.15, 0.2) is 48.6 Å². The molecule has 0 saturated heterocycles. The molecule has 0 aliphatic rings. The predicted molar refractivity (Wildman–Crippen MR) is 245 cm³/mol. The summed E-state index contributed by atoms with van der Waals surface area (Å²) in [7, 11) is 0. The zero-order chi connectivity index (χ0) is 41.7. The van der Waals surface area contributed by atoms with Gasteiger partial charge in [0.2, 0.25) is 5.91 Å². The van der Waals surface area contributed by atoms with E-state index in [2.05, 4.69) is 74.7 Å². The average molecular weight is 800 g/mol. The van der Waals surface area contributed by atoms with Crippen LogP contribution in [-0.2, 0) is 14.3 Å². The molecular weight excluding hydrogens is 707 g/mol. The minimum Gasteiger partial charge on any atom is -0.462 e. The van der Waals surface area contributed by atoms with Crippen LogP contribution < -0.4 is 5.32 Å². The van der Waals surface area contributed by atoms with Crippen LogP contribution in [0.3, 0.4) is 0 Å². The van der Waals surface area contributed by atoms with E-state index in [1.54, 1.807) is 0 Å². The number of aliphatic hydroxyl groups is 2. The van der Waals surface area contributed by atoms with Crippen molar-refractivity contribution in [2.75, 3.05) is 6.61 Å². The van der Waals surface area contributed by atoms with Gasteiger partial charge in [0.15, 0.2) is 0 Å². The van der Waals surface area contributed by atoms with E-state index in [1.165, 1.54) is 116 Å². The fraction of sp³-hybridized carbons (Fsp3) is 0.804. The molecule has 332 valence electrons. The highest BCUT2D eigenvalue weighted by molar-refractivity contribution is 5.77. The van der Waals surface area contributed by atoms with Crippen LogP contribution in [-0.4, -0.2) is 46.9 Å². The Morgan fingerprint density at radius 1 is 0.526 bits per heavy atom. The lowest BCUT2D eigenvalue weighted by molar-refractivity contribution is -0.151. The Hall–Kier alpha value is -2.18. The van der Waals surface area contributed by atoms with Gasteiger partial charge in [0.05, 0.1) is 25.2 Å². The molecule has 3 atom stereocenters. The zero-order valence-corrected chi connectivity index (χ0v) is 37.7. The first-order valence-corrected chi connectivity index (χ1v) is 24.4. The number of esters is 1. The topological polar surface area (TPSA) is 95.9 Å². The van der Waals surface area contributed by atoms with Crippen LogP contribution in [0.5, 0.6) is 0 Å². The van der Waals surface area contributed by atoms with E-state index in [4.69, 9.17) is 4.74 Å². The quantitative estimate of drug-likeness (QED) is 0.0324. The number of carbonyl (C=O) groups excluding carboxylic acids is 2. The Labute approximate surface area is 353 Å². The molecule has 0 saturated carbocycles. The monoisotopic (exact) mass is 800 g/mol. The van der Waals surface area contributed by atoms with Gasteiger partial charge in [-0.05, 0) is 57.8 Å². The highest BCUT2D eigenvalue weighted by atomic mass is 16.5. The van der Waals surface area contributed by atoms with Crippen molar-refractivity contribution in [2.24, 2.45) is 0 Å². The summed E-state index contributed by atoms with van der Waals surface area (Å²) in [5.74, 6) is -0.525. The third-order valence-corrected chi connectivity index (χ3v) is 10.9. The summed E-state index contributed by atoms with van der Waals surface area (Å²) >= 11 is 0. The first kappa shape index (κ1) is 54.8. The summed E-state index contributed by atoms with van der Waals surface area (Å²) in [4.78, 5) is 26.0.